The van der Waals surface area contributed by atoms with Gasteiger partial charge in [-0.1, -0.05) is 72.9 Å². The van der Waals surface area contributed by atoms with Crippen molar-refractivity contribution in [1.82, 2.24) is 9.97 Å². The summed E-state index contributed by atoms with van der Waals surface area (Å²) in [5.74, 6) is 1.66. The van der Waals surface area contributed by atoms with E-state index in [2.05, 4.69) is 65.8 Å². The van der Waals surface area contributed by atoms with Gasteiger partial charge < -0.3 is 19.0 Å². The minimum absolute atomic E-state index is 0.172. The highest BCUT2D eigenvalue weighted by Crippen LogP contribution is 2.47. The minimum Gasteiger partial charge on any atom is -0.508 e. The maximum Gasteiger partial charge on any atom is 0.227 e. The SMILES string of the molecule is CC(C)(C)c1cc(-c2nc3cc(C4(c5ccc6oc(-c7ccc(O)c(C(C)(C)C)c7)nc6c5)CCCCC4)ccc3o2)ccc1O. The van der Waals surface area contributed by atoms with Crippen LogP contribution in [0, 0.1) is 0 Å². The van der Waals surface area contributed by atoms with Gasteiger partial charge >= 0.3 is 0 Å². The molecule has 2 heterocycles. The van der Waals surface area contributed by atoms with Gasteiger partial charge in [0.25, 0.3) is 0 Å². The summed E-state index contributed by atoms with van der Waals surface area (Å²) in [7, 11) is 0. The van der Waals surface area contributed by atoms with Crippen molar-refractivity contribution in [2.75, 3.05) is 0 Å². The molecule has 0 unspecified atom stereocenters. The number of phenolic OH excluding ortho intramolecular Hbond substituents is 2. The molecule has 46 heavy (non-hydrogen) atoms. The van der Waals surface area contributed by atoms with Crippen LogP contribution in [-0.2, 0) is 16.2 Å². The monoisotopic (exact) mass is 614 g/mol. The van der Waals surface area contributed by atoms with Crippen molar-refractivity contribution in [3.63, 3.8) is 0 Å². The molecule has 0 saturated heterocycles. The van der Waals surface area contributed by atoms with Crippen molar-refractivity contribution in [2.45, 2.75) is 89.9 Å². The number of hydrogen-bond acceptors (Lipinski definition) is 6. The first kappa shape index (κ1) is 30.1. The maximum absolute atomic E-state index is 10.5. The van der Waals surface area contributed by atoms with Crippen LogP contribution in [0.3, 0.4) is 0 Å². The van der Waals surface area contributed by atoms with Gasteiger partial charge in [-0.05, 0) is 95.5 Å². The van der Waals surface area contributed by atoms with E-state index >= 15 is 0 Å². The molecule has 1 saturated carbocycles. The van der Waals surface area contributed by atoms with Gasteiger partial charge in [0.05, 0.1) is 0 Å². The Morgan fingerprint density at radius 2 is 1.00 bits per heavy atom. The molecular weight excluding hydrogens is 572 g/mol. The highest BCUT2D eigenvalue weighted by Gasteiger charge is 2.37. The van der Waals surface area contributed by atoms with E-state index in [0.29, 0.717) is 11.8 Å². The lowest BCUT2D eigenvalue weighted by Gasteiger charge is -2.38. The number of aromatic hydroxyl groups is 2. The average Bonchev–Trinajstić information content (AvgIpc) is 3.64. The van der Waals surface area contributed by atoms with E-state index in [4.69, 9.17) is 18.8 Å². The standard InChI is InChI=1S/C40H42N2O4/c1-38(2,3)28-20-24(10-14-32(28)43)36-41-30-22-26(12-16-34(30)45-36)40(18-8-7-9-19-40)27-13-17-35-31(23-27)42-37(46-35)25-11-15-33(44)29(21-25)39(4,5)6/h10-17,20-23,43-44H,7-9,18-19H2,1-6H3. The zero-order valence-corrected chi connectivity index (χ0v) is 27.6. The molecule has 0 bridgehead atoms. The molecule has 7 rings (SSSR count). The number of benzene rings is 4. The molecule has 1 aliphatic carbocycles. The summed E-state index contributed by atoms with van der Waals surface area (Å²) in [5, 5.41) is 21.0. The molecule has 2 aromatic heterocycles. The van der Waals surface area contributed by atoms with Crippen molar-refractivity contribution < 1.29 is 19.0 Å². The third kappa shape index (κ3) is 5.24. The molecule has 1 fully saturated rings. The maximum atomic E-state index is 10.5. The second-order valence-corrected chi connectivity index (χ2v) is 15.0. The van der Waals surface area contributed by atoms with Crippen LogP contribution in [0.4, 0.5) is 0 Å². The fourth-order valence-corrected chi connectivity index (χ4v) is 7.14. The Bertz CT molecular complexity index is 1940. The lowest BCUT2D eigenvalue weighted by atomic mass is 9.65. The molecule has 0 radical (unpaired) electrons. The Morgan fingerprint density at radius 3 is 1.41 bits per heavy atom. The molecule has 4 aromatic carbocycles. The van der Waals surface area contributed by atoms with E-state index in [-0.39, 0.29) is 27.7 Å². The lowest BCUT2D eigenvalue weighted by Crippen LogP contribution is -2.30. The van der Waals surface area contributed by atoms with Crippen molar-refractivity contribution in [3.05, 3.63) is 95.1 Å². The smallest absolute Gasteiger partial charge is 0.227 e. The van der Waals surface area contributed by atoms with Gasteiger partial charge in [-0.25, -0.2) is 9.97 Å². The highest BCUT2D eigenvalue weighted by atomic mass is 16.4. The van der Waals surface area contributed by atoms with Gasteiger partial charge in [0.2, 0.25) is 11.8 Å². The second-order valence-electron chi connectivity index (χ2n) is 15.0. The van der Waals surface area contributed by atoms with E-state index in [1.54, 1.807) is 12.1 Å². The first-order valence-electron chi connectivity index (χ1n) is 16.3. The summed E-state index contributed by atoms with van der Waals surface area (Å²) in [4.78, 5) is 9.88. The predicted octanol–water partition coefficient (Wildman–Crippen LogP) is 10.6. The van der Waals surface area contributed by atoms with Crippen LogP contribution in [0.2, 0.25) is 0 Å². The molecule has 0 atom stereocenters. The zero-order valence-electron chi connectivity index (χ0n) is 27.6. The molecule has 0 amide bonds. The predicted molar refractivity (Wildman–Crippen MR) is 183 cm³/mol. The van der Waals surface area contributed by atoms with E-state index in [1.165, 1.54) is 17.5 Å². The Morgan fingerprint density at radius 1 is 0.565 bits per heavy atom. The van der Waals surface area contributed by atoms with Gasteiger partial charge in [0.1, 0.15) is 22.5 Å². The number of rotatable bonds is 4. The molecular formula is C40H42N2O4. The quantitative estimate of drug-likeness (QED) is 0.205. The van der Waals surface area contributed by atoms with Crippen LogP contribution < -0.4 is 0 Å². The summed E-state index contributed by atoms with van der Waals surface area (Å²) in [6.45, 7) is 12.5. The summed E-state index contributed by atoms with van der Waals surface area (Å²) in [6.07, 6.45) is 5.60. The van der Waals surface area contributed by atoms with Gasteiger partial charge in [-0.2, -0.15) is 0 Å². The topological polar surface area (TPSA) is 92.5 Å². The van der Waals surface area contributed by atoms with Crippen molar-refractivity contribution in [3.8, 4) is 34.4 Å². The molecule has 6 heteroatoms. The van der Waals surface area contributed by atoms with Gasteiger partial charge in [0.15, 0.2) is 11.2 Å². The largest absolute Gasteiger partial charge is 0.508 e. The van der Waals surface area contributed by atoms with Crippen LogP contribution in [0.5, 0.6) is 11.5 Å². The first-order valence-corrected chi connectivity index (χ1v) is 16.3. The van der Waals surface area contributed by atoms with E-state index in [9.17, 15) is 10.2 Å². The minimum atomic E-state index is -0.211. The lowest BCUT2D eigenvalue weighted by molar-refractivity contribution is 0.346. The molecule has 0 aliphatic heterocycles. The van der Waals surface area contributed by atoms with Crippen LogP contribution in [-0.4, -0.2) is 20.2 Å². The Hall–Kier alpha value is -4.58. The molecule has 6 aromatic rings. The van der Waals surface area contributed by atoms with Gasteiger partial charge in [-0.3, -0.25) is 0 Å². The Kier molecular flexibility index (Phi) is 7.04. The van der Waals surface area contributed by atoms with Crippen LogP contribution in [0.15, 0.2) is 81.6 Å². The summed E-state index contributed by atoms with van der Waals surface area (Å²) in [6, 6.07) is 24.0. The van der Waals surface area contributed by atoms with Gasteiger partial charge in [0, 0.05) is 27.7 Å². The number of hydrogen-bond donors (Lipinski definition) is 2. The summed E-state index contributed by atoms with van der Waals surface area (Å²) < 4.78 is 12.5. The van der Waals surface area contributed by atoms with E-state index in [1.807, 2.05) is 36.4 Å². The molecule has 2 N–H and O–H groups in total. The molecule has 236 valence electrons. The normalized spacial score (nSPS) is 15.5. The molecule has 6 nitrogen and oxygen atoms in total. The van der Waals surface area contributed by atoms with Crippen LogP contribution in [0.1, 0.15) is 95.9 Å². The fraction of sp³-hybridized carbons (Fsp3) is 0.350. The number of aromatic nitrogens is 2. The number of oxazole rings is 2. The number of phenols is 2. The fourth-order valence-electron chi connectivity index (χ4n) is 7.14. The van der Waals surface area contributed by atoms with E-state index < -0.39 is 0 Å². The molecule has 0 spiro atoms. The second kappa shape index (κ2) is 10.8. The number of nitrogens with zero attached hydrogens (tertiary/aromatic N) is 2. The third-order valence-electron chi connectivity index (χ3n) is 9.69. The molecule has 1 aliphatic rings. The van der Waals surface area contributed by atoms with Crippen LogP contribution in [0.25, 0.3) is 45.1 Å². The Labute approximate surface area is 270 Å². The van der Waals surface area contributed by atoms with Crippen molar-refractivity contribution in [2.24, 2.45) is 0 Å². The van der Waals surface area contributed by atoms with Crippen LogP contribution >= 0.6 is 0 Å². The van der Waals surface area contributed by atoms with Crippen molar-refractivity contribution in [1.29, 1.82) is 0 Å². The first-order chi connectivity index (χ1) is 21.8. The summed E-state index contributed by atoms with van der Waals surface area (Å²) >= 11 is 0. The van der Waals surface area contributed by atoms with E-state index in [0.717, 1.165) is 70.1 Å². The Balaban J connectivity index is 1.28. The van der Waals surface area contributed by atoms with Crippen molar-refractivity contribution >= 4 is 22.2 Å². The summed E-state index contributed by atoms with van der Waals surface area (Å²) in [5.41, 5.74) is 8.45. The number of fused-ring (bicyclic) bond motifs is 2. The van der Waals surface area contributed by atoms with Gasteiger partial charge in [-0.15, -0.1) is 0 Å². The highest BCUT2D eigenvalue weighted by molar-refractivity contribution is 5.80. The zero-order chi connectivity index (χ0) is 32.4. The third-order valence-corrected chi connectivity index (χ3v) is 9.69. The average molecular weight is 615 g/mol.